The lowest BCUT2D eigenvalue weighted by atomic mass is 10.2. The maximum Gasteiger partial charge on any atom is 0.261 e. The van der Waals surface area contributed by atoms with Crippen LogP contribution in [-0.4, -0.2) is 14.3 Å². The molecule has 0 spiro atoms. The summed E-state index contributed by atoms with van der Waals surface area (Å²) in [7, 11) is -3.78. The number of hydrogen-bond donors (Lipinski definition) is 2. The van der Waals surface area contributed by atoms with E-state index in [1.807, 2.05) is 30.3 Å². The maximum atomic E-state index is 12.6. The van der Waals surface area contributed by atoms with E-state index in [1.54, 1.807) is 31.2 Å². The lowest BCUT2D eigenvalue weighted by molar-refractivity contribution is -0.111. The molecule has 2 N–H and O–H groups in total. The molecule has 3 rings (SSSR count). The Labute approximate surface area is 175 Å². The van der Waals surface area contributed by atoms with E-state index in [1.165, 1.54) is 30.3 Å². The van der Waals surface area contributed by atoms with Gasteiger partial charge in [0.05, 0.1) is 10.6 Å². The van der Waals surface area contributed by atoms with Crippen molar-refractivity contribution >= 4 is 45.0 Å². The molecule has 0 aromatic heterocycles. The molecule has 29 heavy (non-hydrogen) atoms. The Kier molecular flexibility index (Phi) is 6.36. The Balaban J connectivity index is 1.68. The summed E-state index contributed by atoms with van der Waals surface area (Å²) in [5, 5.41) is 3.14. The molecule has 0 unspecified atom stereocenters. The van der Waals surface area contributed by atoms with E-state index in [0.29, 0.717) is 16.4 Å². The summed E-state index contributed by atoms with van der Waals surface area (Å²) < 4.78 is 27.7. The molecule has 0 atom stereocenters. The lowest BCUT2D eigenvalue weighted by Crippen LogP contribution is -2.14. The topological polar surface area (TPSA) is 75.3 Å². The summed E-state index contributed by atoms with van der Waals surface area (Å²) in [4.78, 5) is 12.1. The monoisotopic (exact) mass is 426 g/mol. The zero-order valence-corrected chi connectivity index (χ0v) is 17.2. The van der Waals surface area contributed by atoms with Gasteiger partial charge in [0.15, 0.2) is 0 Å². The molecule has 0 radical (unpaired) electrons. The molecule has 0 saturated carbocycles. The number of anilines is 2. The fraction of sp³-hybridized carbons (Fsp3) is 0.0455. The first kappa shape index (κ1) is 20.6. The predicted octanol–water partition coefficient (Wildman–Crippen LogP) is 5.10. The van der Waals surface area contributed by atoms with Crippen LogP contribution in [0.4, 0.5) is 11.4 Å². The maximum absolute atomic E-state index is 12.6. The van der Waals surface area contributed by atoms with E-state index < -0.39 is 10.0 Å². The molecule has 0 bridgehead atoms. The van der Waals surface area contributed by atoms with Crippen LogP contribution < -0.4 is 10.0 Å². The molecule has 0 aliphatic heterocycles. The summed E-state index contributed by atoms with van der Waals surface area (Å²) in [5.74, 6) is -0.308. The molecular formula is C22H19ClN2O3S. The minimum absolute atomic E-state index is 0.0784. The minimum Gasteiger partial charge on any atom is -0.323 e. The first-order chi connectivity index (χ1) is 13.8. The Morgan fingerprint density at radius 1 is 0.966 bits per heavy atom. The summed E-state index contributed by atoms with van der Waals surface area (Å²) in [6, 6.07) is 20.4. The highest BCUT2D eigenvalue weighted by atomic mass is 35.5. The molecule has 5 nitrogen and oxygen atoms in total. The summed E-state index contributed by atoms with van der Waals surface area (Å²) >= 11 is 5.95. The Morgan fingerprint density at radius 3 is 2.34 bits per heavy atom. The second-order valence-electron chi connectivity index (χ2n) is 6.32. The van der Waals surface area contributed by atoms with Gasteiger partial charge in [-0.15, -0.1) is 0 Å². The summed E-state index contributed by atoms with van der Waals surface area (Å²) in [5.41, 5.74) is 2.57. The van der Waals surface area contributed by atoms with Crippen LogP contribution in [0, 0.1) is 6.92 Å². The second-order valence-corrected chi connectivity index (χ2v) is 8.44. The quantitative estimate of drug-likeness (QED) is 0.538. The van der Waals surface area contributed by atoms with Crippen molar-refractivity contribution in [2.45, 2.75) is 11.8 Å². The standard InChI is InChI=1S/C22H19ClN2O3S/c1-16-7-9-18(23)15-21(16)25-29(27,28)20-12-10-19(11-13-20)24-22(26)14-8-17-5-3-2-4-6-17/h2-15,25H,1H3,(H,24,26)/b14-8+. The zero-order valence-electron chi connectivity index (χ0n) is 15.6. The average Bonchev–Trinajstić information content (AvgIpc) is 2.70. The zero-order chi connectivity index (χ0) is 20.9. The van der Waals surface area contributed by atoms with Gasteiger partial charge in [0, 0.05) is 16.8 Å². The average molecular weight is 427 g/mol. The Morgan fingerprint density at radius 2 is 1.66 bits per heavy atom. The third kappa shape index (κ3) is 5.70. The number of carbonyl (C=O) groups is 1. The van der Waals surface area contributed by atoms with Crippen molar-refractivity contribution in [3.8, 4) is 0 Å². The van der Waals surface area contributed by atoms with Crippen molar-refractivity contribution in [2.24, 2.45) is 0 Å². The number of rotatable bonds is 6. The van der Waals surface area contributed by atoms with E-state index in [0.717, 1.165) is 11.1 Å². The van der Waals surface area contributed by atoms with Crippen molar-refractivity contribution in [1.29, 1.82) is 0 Å². The van der Waals surface area contributed by atoms with Crippen molar-refractivity contribution in [3.05, 3.63) is 95.0 Å². The number of benzene rings is 3. The van der Waals surface area contributed by atoms with Gasteiger partial charge in [-0.3, -0.25) is 9.52 Å². The van der Waals surface area contributed by atoms with Crippen LogP contribution in [0.5, 0.6) is 0 Å². The van der Waals surface area contributed by atoms with Gasteiger partial charge < -0.3 is 5.32 Å². The van der Waals surface area contributed by atoms with Gasteiger partial charge in [-0.25, -0.2) is 8.42 Å². The van der Waals surface area contributed by atoms with E-state index in [9.17, 15) is 13.2 Å². The van der Waals surface area contributed by atoms with Gasteiger partial charge in [0.1, 0.15) is 0 Å². The molecule has 0 heterocycles. The van der Waals surface area contributed by atoms with Crippen LogP contribution in [-0.2, 0) is 14.8 Å². The van der Waals surface area contributed by atoms with Crippen molar-refractivity contribution in [1.82, 2.24) is 0 Å². The van der Waals surface area contributed by atoms with Crippen molar-refractivity contribution in [2.75, 3.05) is 10.0 Å². The van der Waals surface area contributed by atoms with E-state index in [-0.39, 0.29) is 10.8 Å². The van der Waals surface area contributed by atoms with E-state index >= 15 is 0 Å². The number of carbonyl (C=O) groups excluding carboxylic acids is 1. The molecule has 0 aliphatic carbocycles. The molecule has 0 saturated heterocycles. The normalized spacial score (nSPS) is 11.4. The van der Waals surface area contributed by atoms with Crippen LogP contribution in [0.2, 0.25) is 5.02 Å². The molecule has 0 aliphatic rings. The van der Waals surface area contributed by atoms with Crippen LogP contribution >= 0.6 is 11.6 Å². The SMILES string of the molecule is Cc1ccc(Cl)cc1NS(=O)(=O)c1ccc(NC(=O)/C=C/c2ccccc2)cc1. The van der Waals surface area contributed by atoms with Gasteiger partial charge in [0.2, 0.25) is 5.91 Å². The Bertz CT molecular complexity index is 1140. The Hall–Kier alpha value is -3.09. The molecular weight excluding hydrogens is 408 g/mol. The van der Waals surface area contributed by atoms with Gasteiger partial charge in [-0.1, -0.05) is 48.0 Å². The first-order valence-electron chi connectivity index (χ1n) is 8.77. The number of halogens is 1. The fourth-order valence-corrected chi connectivity index (χ4v) is 3.84. The number of nitrogens with one attached hydrogen (secondary N) is 2. The van der Waals surface area contributed by atoms with Crippen LogP contribution in [0.1, 0.15) is 11.1 Å². The molecule has 7 heteroatoms. The van der Waals surface area contributed by atoms with E-state index in [4.69, 9.17) is 11.6 Å². The molecule has 0 fully saturated rings. The molecule has 3 aromatic rings. The van der Waals surface area contributed by atoms with Crippen LogP contribution in [0.3, 0.4) is 0 Å². The number of hydrogen-bond acceptors (Lipinski definition) is 3. The summed E-state index contributed by atoms with van der Waals surface area (Å²) in [6.07, 6.45) is 3.12. The fourth-order valence-electron chi connectivity index (χ4n) is 2.55. The van der Waals surface area contributed by atoms with Gasteiger partial charge in [-0.05, 0) is 60.5 Å². The van der Waals surface area contributed by atoms with Crippen LogP contribution in [0.15, 0.2) is 83.8 Å². The van der Waals surface area contributed by atoms with Gasteiger partial charge in [0.25, 0.3) is 10.0 Å². The van der Waals surface area contributed by atoms with Gasteiger partial charge in [-0.2, -0.15) is 0 Å². The van der Waals surface area contributed by atoms with Gasteiger partial charge >= 0.3 is 0 Å². The van der Waals surface area contributed by atoms with Crippen molar-refractivity contribution in [3.63, 3.8) is 0 Å². The van der Waals surface area contributed by atoms with E-state index in [2.05, 4.69) is 10.0 Å². The highest BCUT2D eigenvalue weighted by molar-refractivity contribution is 7.92. The number of sulfonamides is 1. The molecule has 148 valence electrons. The largest absolute Gasteiger partial charge is 0.323 e. The highest BCUT2D eigenvalue weighted by Crippen LogP contribution is 2.24. The lowest BCUT2D eigenvalue weighted by Gasteiger charge is -2.11. The number of amides is 1. The third-order valence-corrected chi connectivity index (χ3v) is 5.72. The predicted molar refractivity (Wildman–Crippen MR) is 118 cm³/mol. The summed E-state index contributed by atoms with van der Waals surface area (Å²) in [6.45, 7) is 1.79. The molecule has 1 amide bonds. The minimum atomic E-state index is -3.78. The molecule has 3 aromatic carbocycles. The highest BCUT2D eigenvalue weighted by Gasteiger charge is 2.15. The van der Waals surface area contributed by atoms with Crippen molar-refractivity contribution < 1.29 is 13.2 Å². The first-order valence-corrected chi connectivity index (χ1v) is 10.6. The van der Waals surface area contributed by atoms with Crippen LogP contribution in [0.25, 0.3) is 6.08 Å². The smallest absolute Gasteiger partial charge is 0.261 e. The second kappa shape index (κ2) is 8.94. The number of aryl methyl sites for hydroxylation is 1. The third-order valence-electron chi connectivity index (χ3n) is 4.10.